The zero-order valence-electron chi connectivity index (χ0n) is 14.7. The van der Waals surface area contributed by atoms with Crippen LogP contribution < -0.4 is 0 Å². The Morgan fingerprint density at radius 3 is 1.63 bits per heavy atom. The third-order valence-electron chi connectivity index (χ3n) is 4.10. The van der Waals surface area contributed by atoms with Gasteiger partial charge < -0.3 is 5.11 Å². The minimum Gasteiger partial charge on any atom is -0.507 e. The van der Waals surface area contributed by atoms with Crippen molar-refractivity contribution in [2.75, 3.05) is 0 Å². The van der Waals surface area contributed by atoms with E-state index in [1.54, 1.807) is 6.07 Å². The fourth-order valence-corrected chi connectivity index (χ4v) is 2.99. The van der Waals surface area contributed by atoms with Gasteiger partial charge in [0.25, 0.3) is 0 Å². The van der Waals surface area contributed by atoms with Crippen LogP contribution in [0.4, 0.5) is 26.3 Å². The highest BCUT2D eigenvalue weighted by Gasteiger charge is 2.37. The SMILES string of the molecule is CC(C)(C)c1cc(CBr)c(O)c(-c2cc(C(F)(F)F)cc(C(F)(F)F)c2)c1. The van der Waals surface area contributed by atoms with E-state index >= 15 is 0 Å². The first-order valence-electron chi connectivity index (χ1n) is 7.87. The maximum absolute atomic E-state index is 13.1. The molecule has 8 heteroatoms. The van der Waals surface area contributed by atoms with E-state index in [-0.39, 0.29) is 28.3 Å². The summed E-state index contributed by atoms with van der Waals surface area (Å²) in [5, 5.41) is 10.6. The molecule has 0 heterocycles. The molecule has 0 atom stereocenters. The van der Waals surface area contributed by atoms with Crippen molar-refractivity contribution in [3.8, 4) is 16.9 Å². The second-order valence-corrected chi connectivity index (χ2v) is 7.77. The summed E-state index contributed by atoms with van der Waals surface area (Å²) in [5.41, 5.74) is -2.63. The Morgan fingerprint density at radius 1 is 0.778 bits per heavy atom. The Hall–Kier alpha value is -1.70. The number of phenols is 1. The molecule has 27 heavy (non-hydrogen) atoms. The average Bonchev–Trinajstić information content (AvgIpc) is 2.51. The van der Waals surface area contributed by atoms with E-state index in [0.717, 1.165) is 0 Å². The van der Waals surface area contributed by atoms with E-state index in [2.05, 4.69) is 15.9 Å². The molecule has 0 saturated heterocycles. The van der Waals surface area contributed by atoms with E-state index < -0.39 is 28.9 Å². The molecule has 0 aliphatic carbocycles. The van der Waals surface area contributed by atoms with E-state index in [1.807, 2.05) is 20.8 Å². The molecule has 0 unspecified atom stereocenters. The normalized spacial score (nSPS) is 13.1. The molecule has 0 radical (unpaired) electrons. The molecule has 2 aromatic carbocycles. The molecule has 148 valence electrons. The molecule has 0 spiro atoms. The molecule has 2 aromatic rings. The second-order valence-electron chi connectivity index (χ2n) is 7.21. The molecule has 0 aliphatic heterocycles. The van der Waals surface area contributed by atoms with Crippen molar-refractivity contribution in [1.29, 1.82) is 0 Å². The zero-order chi connectivity index (χ0) is 20.8. The largest absolute Gasteiger partial charge is 0.507 e. The van der Waals surface area contributed by atoms with Crippen molar-refractivity contribution < 1.29 is 31.4 Å². The standard InChI is InChI=1S/C19H17BrF6O/c1-17(2,3)12-6-11(9-20)16(27)15(8-12)10-4-13(18(21,22)23)7-14(5-10)19(24,25)26/h4-8,27H,9H2,1-3H3. The van der Waals surface area contributed by atoms with E-state index in [0.29, 0.717) is 23.3 Å². The van der Waals surface area contributed by atoms with Gasteiger partial charge in [0.15, 0.2) is 0 Å². The van der Waals surface area contributed by atoms with Crippen LogP contribution in [0.25, 0.3) is 11.1 Å². The summed E-state index contributed by atoms with van der Waals surface area (Å²) in [6, 6.07) is 4.41. The molecule has 0 aliphatic rings. The number of hydrogen-bond donors (Lipinski definition) is 1. The molecule has 1 N–H and O–H groups in total. The predicted octanol–water partition coefficient (Wildman–Crippen LogP) is 7.29. The molecular weight excluding hydrogens is 438 g/mol. The maximum Gasteiger partial charge on any atom is 0.416 e. The van der Waals surface area contributed by atoms with Crippen molar-refractivity contribution in [3.05, 3.63) is 52.6 Å². The lowest BCUT2D eigenvalue weighted by atomic mass is 9.83. The lowest BCUT2D eigenvalue weighted by Crippen LogP contribution is -2.13. The topological polar surface area (TPSA) is 20.2 Å². The summed E-state index contributed by atoms with van der Waals surface area (Å²) >= 11 is 3.19. The highest BCUT2D eigenvalue weighted by Crippen LogP contribution is 2.43. The lowest BCUT2D eigenvalue weighted by Gasteiger charge is -2.23. The van der Waals surface area contributed by atoms with Gasteiger partial charge >= 0.3 is 12.4 Å². The zero-order valence-corrected chi connectivity index (χ0v) is 16.3. The summed E-state index contributed by atoms with van der Waals surface area (Å²) in [6.07, 6.45) is -9.91. The highest BCUT2D eigenvalue weighted by molar-refractivity contribution is 9.08. The third kappa shape index (κ3) is 4.78. The van der Waals surface area contributed by atoms with Gasteiger partial charge in [-0.15, -0.1) is 0 Å². The van der Waals surface area contributed by atoms with Crippen LogP contribution in [0.3, 0.4) is 0 Å². The highest BCUT2D eigenvalue weighted by atomic mass is 79.9. The van der Waals surface area contributed by atoms with Crippen LogP contribution in [-0.4, -0.2) is 5.11 Å². The molecule has 2 rings (SSSR count). The number of hydrogen-bond acceptors (Lipinski definition) is 1. The van der Waals surface area contributed by atoms with Gasteiger partial charge in [0.2, 0.25) is 0 Å². The molecule has 1 nitrogen and oxygen atoms in total. The fraction of sp³-hybridized carbons (Fsp3) is 0.368. The minimum atomic E-state index is -4.95. The Kier molecular flexibility index (Phi) is 5.63. The van der Waals surface area contributed by atoms with Crippen molar-refractivity contribution in [1.82, 2.24) is 0 Å². The van der Waals surface area contributed by atoms with Crippen LogP contribution in [0.2, 0.25) is 0 Å². The molecular formula is C19H17BrF6O. The summed E-state index contributed by atoms with van der Waals surface area (Å²) in [7, 11) is 0. The average molecular weight is 455 g/mol. The van der Waals surface area contributed by atoms with Crippen LogP contribution in [0.5, 0.6) is 5.75 Å². The van der Waals surface area contributed by atoms with Crippen molar-refractivity contribution in [2.45, 2.75) is 43.9 Å². The van der Waals surface area contributed by atoms with Crippen molar-refractivity contribution >= 4 is 15.9 Å². The fourth-order valence-electron chi connectivity index (χ4n) is 2.56. The van der Waals surface area contributed by atoms with Gasteiger partial charge in [-0.1, -0.05) is 42.8 Å². The third-order valence-corrected chi connectivity index (χ3v) is 4.70. The number of phenolic OH excluding ortho intramolecular Hbond substituents is 1. The quantitative estimate of drug-likeness (QED) is 0.373. The van der Waals surface area contributed by atoms with Gasteiger partial charge in [-0.25, -0.2) is 0 Å². The molecule has 0 bridgehead atoms. The summed E-state index contributed by atoms with van der Waals surface area (Å²) in [5.74, 6) is -0.354. The Balaban J connectivity index is 2.84. The summed E-state index contributed by atoms with van der Waals surface area (Å²) < 4.78 is 78.8. The first kappa shape index (κ1) is 21.6. The van der Waals surface area contributed by atoms with Crippen LogP contribution in [0.1, 0.15) is 43.0 Å². The van der Waals surface area contributed by atoms with Gasteiger partial charge in [-0.3, -0.25) is 0 Å². The van der Waals surface area contributed by atoms with Crippen molar-refractivity contribution in [2.24, 2.45) is 0 Å². The molecule has 0 amide bonds. The van der Waals surface area contributed by atoms with E-state index in [4.69, 9.17) is 0 Å². The summed E-state index contributed by atoms with van der Waals surface area (Å²) in [4.78, 5) is 0. The number of benzene rings is 2. The van der Waals surface area contributed by atoms with Gasteiger partial charge in [-0.05, 0) is 40.8 Å². The first-order valence-corrected chi connectivity index (χ1v) is 8.99. The number of halogens is 7. The summed E-state index contributed by atoms with van der Waals surface area (Å²) in [6.45, 7) is 5.57. The second kappa shape index (κ2) is 7.04. The van der Waals surface area contributed by atoms with E-state index in [9.17, 15) is 31.4 Å². The maximum atomic E-state index is 13.1. The smallest absolute Gasteiger partial charge is 0.416 e. The van der Waals surface area contributed by atoms with Gasteiger partial charge in [0, 0.05) is 16.5 Å². The first-order chi connectivity index (χ1) is 12.1. The van der Waals surface area contributed by atoms with Crippen LogP contribution in [-0.2, 0) is 23.1 Å². The Bertz CT molecular complexity index is 815. The number of rotatable bonds is 2. The minimum absolute atomic E-state index is 0.0690. The number of alkyl halides is 7. The van der Waals surface area contributed by atoms with Crippen LogP contribution in [0, 0.1) is 0 Å². The Labute approximate surface area is 161 Å². The predicted molar refractivity (Wildman–Crippen MR) is 94.9 cm³/mol. The Morgan fingerprint density at radius 2 is 1.26 bits per heavy atom. The molecule has 0 fully saturated rings. The molecule has 0 aromatic heterocycles. The lowest BCUT2D eigenvalue weighted by molar-refractivity contribution is -0.143. The van der Waals surface area contributed by atoms with Crippen LogP contribution >= 0.6 is 15.9 Å². The van der Waals surface area contributed by atoms with Gasteiger partial charge in [0.05, 0.1) is 11.1 Å². The van der Waals surface area contributed by atoms with Crippen molar-refractivity contribution in [3.63, 3.8) is 0 Å². The monoisotopic (exact) mass is 454 g/mol. The van der Waals surface area contributed by atoms with Gasteiger partial charge in [-0.2, -0.15) is 26.3 Å². The van der Waals surface area contributed by atoms with Crippen LogP contribution in [0.15, 0.2) is 30.3 Å². The van der Waals surface area contributed by atoms with E-state index in [1.165, 1.54) is 6.07 Å². The number of aromatic hydroxyl groups is 1. The molecule has 0 saturated carbocycles. The van der Waals surface area contributed by atoms with Gasteiger partial charge in [0.1, 0.15) is 5.75 Å².